The second-order valence-electron chi connectivity index (χ2n) is 3.79. The fraction of sp³-hybridized carbons (Fsp3) is 0.417. The van der Waals surface area contributed by atoms with Gasteiger partial charge in [0.1, 0.15) is 17.4 Å². The number of halogens is 2. The van der Waals surface area contributed by atoms with Crippen LogP contribution in [0.3, 0.4) is 0 Å². The molecule has 1 atom stereocenters. The number of carbonyl (C=O) groups is 1. The Kier molecular flexibility index (Phi) is 4.55. The van der Waals surface area contributed by atoms with Crippen LogP contribution in [0.15, 0.2) is 18.2 Å². The number of Topliss-reactive ketones (excluding diaryl/α,β-unsaturated/α-hetero) is 1. The van der Waals surface area contributed by atoms with Crippen LogP contribution in [0.5, 0.6) is 0 Å². The van der Waals surface area contributed by atoms with Crippen LogP contribution >= 0.6 is 0 Å². The smallest absolute Gasteiger partial charge is 0.139 e. The lowest BCUT2D eigenvalue weighted by molar-refractivity contribution is -0.118. The van der Waals surface area contributed by atoms with Crippen molar-refractivity contribution in [3.8, 4) is 0 Å². The molecule has 16 heavy (non-hydrogen) atoms. The van der Waals surface area contributed by atoms with Crippen molar-refractivity contribution >= 4 is 5.78 Å². The van der Waals surface area contributed by atoms with Crippen molar-refractivity contribution in [1.29, 1.82) is 0 Å². The van der Waals surface area contributed by atoms with E-state index in [0.717, 1.165) is 12.1 Å². The van der Waals surface area contributed by atoms with E-state index in [-0.39, 0.29) is 30.2 Å². The number of nitrogens with two attached hydrogens (primary N) is 1. The van der Waals surface area contributed by atoms with Crippen molar-refractivity contribution in [2.45, 2.75) is 32.2 Å². The predicted octanol–water partition coefficient (Wildman–Crippen LogP) is 2.20. The predicted molar refractivity (Wildman–Crippen MR) is 58.0 cm³/mol. The fourth-order valence-corrected chi connectivity index (χ4v) is 1.41. The Labute approximate surface area is 93.5 Å². The lowest BCUT2D eigenvalue weighted by Crippen LogP contribution is -2.23. The molecule has 0 spiro atoms. The SMILES string of the molecule is CCC(N)CC(=O)Cc1c(F)cccc1F. The summed E-state index contributed by atoms with van der Waals surface area (Å²) in [5.41, 5.74) is 5.42. The van der Waals surface area contributed by atoms with Crippen LogP contribution in [0.2, 0.25) is 0 Å². The summed E-state index contributed by atoms with van der Waals surface area (Å²) in [6, 6.07) is 3.33. The van der Waals surface area contributed by atoms with Crippen LogP contribution in [0, 0.1) is 11.6 Å². The number of carbonyl (C=O) groups excluding carboxylic acids is 1. The molecule has 0 aliphatic carbocycles. The lowest BCUT2D eigenvalue weighted by atomic mass is 10.0. The largest absolute Gasteiger partial charge is 0.327 e. The third-order valence-electron chi connectivity index (χ3n) is 2.45. The standard InChI is InChI=1S/C12H15F2NO/c1-2-8(15)6-9(16)7-10-11(13)4-3-5-12(10)14/h3-5,8H,2,6-7,15H2,1H3. The van der Waals surface area contributed by atoms with Crippen molar-refractivity contribution in [2.24, 2.45) is 5.73 Å². The van der Waals surface area contributed by atoms with Crippen molar-refractivity contribution in [3.63, 3.8) is 0 Å². The first-order valence-electron chi connectivity index (χ1n) is 5.24. The minimum absolute atomic E-state index is 0.157. The molecule has 1 unspecified atom stereocenters. The first-order chi connectivity index (χ1) is 7.54. The van der Waals surface area contributed by atoms with Crippen LogP contribution in [0.1, 0.15) is 25.3 Å². The van der Waals surface area contributed by atoms with Crippen LogP contribution in [0.4, 0.5) is 8.78 Å². The molecule has 4 heteroatoms. The Hall–Kier alpha value is -1.29. The van der Waals surface area contributed by atoms with Crippen molar-refractivity contribution < 1.29 is 13.6 Å². The third-order valence-corrected chi connectivity index (χ3v) is 2.45. The van der Waals surface area contributed by atoms with Gasteiger partial charge in [0.15, 0.2) is 0 Å². The highest BCUT2D eigenvalue weighted by atomic mass is 19.1. The maximum atomic E-state index is 13.2. The maximum absolute atomic E-state index is 13.2. The Morgan fingerprint density at radius 1 is 1.38 bits per heavy atom. The normalized spacial score (nSPS) is 12.5. The van der Waals surface area contributed by atoms with E-state index in [1.807, 2.05) is 6.92 Å². The average Bonchev–Trinajstić information content (AvgIpc) is 2.23. The highest BCUT2D eigenvalue weighted by Crippen LogP contribution is 2.14. The summed E-state index contributed by atoms with van der Waals surface area (Å²) in [6.07, 6.45) is 0.599. The highest BCUT2D eigenvalue weighted by molar-refractivity contribution is 5.81. The van der Waals surface area contributed by atoms with Crippen LogP contribution in [0.25, 0.3) is 0 Å². The Morgan fingerprint density at radius 3 is 2.44 bits per heavy atom. The zero-order valence-electron chi connectivity index (χ0n) is 9.17. The summed E-state index contributed by atoms with van der Waals surface area (Å²) < 4.78 is 26.4. The van der Waals surface area contributed by atoms with Gasteiger partial charge in [0.05, 0.1) is 0 Å². The molecule has 0 saturated carbocycles. The van der Waals surface area contributed by atoms with Gasteiger partial charge in [-0.3, -0.25) is 4.79 Å². The fourth-order valence-electron chi connectivity index (χ4n) is 1.41. The molecule has 0 radical (unpaired) electrons. The molecule has 88 valence electrons. The average molecular weight is 227 g/mol. The summed E-state index contributed by atoms with van der Waals surface area (Å²) >= 11 is 0. The van der Waals surface area contributed by atoms with E-state index >= 15 is 0 Å². The number of rotatable bonds is 5. The van der Waals surface area contributed by atoms with Gasteiger partial charge in [-0.25, -0.2) is 8.78 Å². The van der Waals surface area contributed by atoms with Gasteiger partial charge in [0, 0.05) is 24.4 Å². The molecule has 0 saturated heterocycles. The molecule has 1 aromatic carbocycles. The molecule has 0 aliphatic heterocycles. The topological polar surface area (TPSA) is 43.1 Å². The quantitative estimate of drug-likeness (QED) is 0.838. The molecule has 0 bridgehead atoms. The van der Waals surface area contributed by atoms with E-state index in [2.05, 4.69) is 0 Å². The van der Waals surface area contributed by atoms with Gasteiger partial charge >= 0.3 is 0 Å². The first-order valence-corrected chi connectivity index (χ1v) is 5.24. The van der Waals surface area contributed by atoms with E-state index in [0.29, 0.717) is 6.42 Å². The highest BCUT2D eigenvalue weighted by Gasteiger charge is 2.14. The summed E-state index contributed by atoms with van der Waals surface area (Å²) in [5.74, 6) is -1.60. The number of benzene rings is 1. The molecule has 0 fully saturated rings. The second kappa shape index (κ2) is 5.70. The van der Waals surface area contributed by atoms with E-state index in [1.54, 1.807) is 0 Å². The second-order valence-corrected chi connectivity index (χ2v) is 3.79. The number of hydrogen-bond donors (Lipinski definition) is 1. The van der Waals surface area contributed by atoms with Gasteiger partial charge in [-0.2, -0.15) is 0 Å². The monoisotopic (exact) mass is 227 g/mol. The third kappa shape index (κ3) is 3.38. The summed E-state index contributed by atoms with van der Waals surface area (Å²) in [7, 11) is 0. The van der Waals surface area contributed by atoms with E-state index in [4.69, 9.17) is 5.73 Å². The maximum Gasteiger partial charge on any atom is 0.139 e. The summed E-state index contributed by atoms with van der Waals surface area (Å²) in [4.78, 5) is 11.5. The van der Waals surface area contributed by atoms with Crippen molar-refractivity contribution in [1.82, 2.24) is 0 Å². The van der Waals surface area contributed by atoms with Gasteiger partial charge in [-0.15, -0.1) is 0 Å². The Balaban J connectivity index is 2.70. The molecule has 0 aliphatic rings. The van der Waals surface area contributed by atoms with Gasteiger partial charge in [-0.05, 0) is 18.6 Å². The van der Waals surface area contributed by atoms with Gasteiger partial charge < -0.3 is 5.73 Å². The van der Waals surface area contributed by atoms with E-state index in [1.165, 1.54) is 6.07 Å². The van der Waals surface area contributed by atoms with Crippen molar-refractivity contribution in [3.05, 3.63) is 35.4 Å². The first kappa shape index (κ1) is 12.8. The van der Waals surface area contributed by atoms with E-state index in [9.17, 15) is 13.6 Å². The molecular formula is C12H15F2NO. The number of hydrogen-bond acceptors (Lipinski definition) is 2. The lowest BCUT2D eigenvalue weighted by Gasteiger charge is -2.08. The van der Waals surface area contributed by atoms with Gasteiger partial charge in [-0.1, -0.05) is 13.0 Å². The van der Waals surface area contributed by atoms with Gasteiger partial charge in [0.25, 0.3) is 0 Å². The molecule has 2 nitrogen and oxygen atoms in total. The van der Waals surface area contributed by atoms with Crippen LogP contribution in [-0.2, 0) is 11.2 Å². The zero-order valence-corrected chi connectivity index (χ0v) is 9.17. The Bertz CT molecular complexity index is 359. The van der Waals surface area contributed by atoms with Crippen molar-refractivity contribution in [2.75, 3.05) is 0 Å². The zero-order chi connectivity index (χ0) is 12.1. The molecule has 1 rings (SSSR count). The molecule has 0 aromatic heterocycles. The minimum atomic E-state index is -0.682. The summed E-state index contributed by atoms with van der Waals surface area (Å²) in [6.45, 7) is 1.86. The van der Waals surface area contributed by atoms with E-state index < -0.39 is 11.6 Å². The molecular weight excluding hydrogens is 212 g/mol. The molecule has 1 aromatic rings. The molecule has 0 heterocycles. The number of ketones is 1. The Morgan fingerprint density at radius 2 is 1.94 bits per heavy atom. The molecule has 0 amide bonds. The van der Waals surface area contributed by atoms with Crippen LogP contribution < -0.4 is 5.73 Å². The van der Waals surface area contributed by atoms with Crippen LogP contribution in [-0.4, -0.2) is 11.8 Å². The van der Waals surface area contributed by atoms with Gasteiger partial charge in [0.2, 0.25) is 0 Å². The molecule has 2 N–H and O–H groups in total. The minimum Gasteiger partial charge on any atom is -0.327 e. The summed E-state index contributed by atoms with van der Waals surface area (Å²) in [5, 5.41) is 0.